The maximum Gasteiger partial charge on any atom is 0.217 e. The minimum atomic E-state index is 0.0598. The number of carbonyl (C=O) groups is 1. The monoisotopic (exact) mass is 266 g/mol. The fourth-order valence-electron chi connectivity index (χ4n) is 2.50. The lowest BCUT2D eigenvalue weighted by Crippen LogP contribution is -2.46. The van der Waals surface area contributed by atoms with E-state index < -0.39 is 0 Å². The Hall–Kier alpha value is -1.06. The molecule has 1 aromatic carbocycles. The van der Waals surface area contributed by atoms with Gasteiger partial charge in [0, 0.05) is 31.1 Å². The number of nitrogens with one attached hydrogen (secondary N) is 1. The van der Waals surface area contributed by atoms with Gasteiger partial charge in [-0.25, -0.2) is 0 Å². The molecule has 0 radical (unpaired) electrons. The molecule has 1 aromatic rings. The van der Waals surface area contributed by atoms with E-state index in [2.05, 4.69) is 16.3 Å². The third-order valence-electron chi connectivity index (χ3n) is 3.21. The highest BCUT2D eigenvalue weighted by molar-refractivity contribution is 6.30. The van der Waals surface area contributed by atoms with Crippen LogP contribution in [0.4, 0.5) is 0 Å². The third kappa shape index (κ3) is 4.00. The number of hydrogen-bond donors (Lipinski definition) is 1. The summed E-state index contributed by atoms with van der Waals surface area (Å²) in [6, 6.07) is 8.25. The molecule has 3 nitrogen and oxygen atoms in total. The smallest absolute Gasteiger partial charge is 0.217 e. The van der Waals surface area contributed by atoms with Crippen LogP contribution in [0.5, 0.6) is 0 Å². The summed E-state index contributed by atoms with van der Waals surface area (Å²) in [5, 5.41) is 3.78. The SMILES string of the molecule is CC(=O)NC1CCCN(Cc2cccc(Cl)c2)C1. The van der Waals surface area contributed by atoms with Crippen molar-refractivity contribution in [2.45, 2.75) is 32.4 Å². The van der Waals surface area contributed by atoms with Crippen LogP contribution >= 0.6 is 11.6 Å². The van der Waals surface area contributed by atoms with Crippen molar-refractivity contribution in [2.24, 2.45) is 0 Å². The molecule has 1 heterocycles. The Morgan fingerprint density at radius 1 is 1.56 bits per heavy atom. The lowest BCUT2D eigenvalue weighted by molar-refractivity contribution is -0.120. The highest BCUT2D eigenvalue weighted by Crippen LogP contribution is 2.16. The zero-order valence-corrected chi connectivity index (χ0v) is 11.4. The second-order valence-electron chi connectivity index (χ2n) is 4.90. The predicted octanol–water partition coefficient (Wildman–Crippen LogP) is 2.44. The molecular weight excluding hydrogens is 248 g/mol. The van der Waals surface area contributed by atoms with Crippen molar-refractivity contribution in [3.63, 3.8) is 0 Å². The lowest BCUT2D eigenvalue weighted by Gasteiger charge is -2.33. The molecule has 18 heavy (non-hydrogen) atoms. The molecule has 1 fully saturated rings. The topological polar surface area (TPSA) is 32.3 Å². The van der Waals surface area contributed by atoms with Gasteiger partial charge in [-0.1, -0.05) is 23.7 Å². The molecule has 1 saturated heterocycles. The number of halogens is 1. The summed E-state index contributed by atoms with van der Waals surface area (Å²) in [6.07, 6.45) is 2.21. The van der Waals surface area contributed by atoms with E-state index >= 15 is 0 Å². The Morgan fingerprint density at radius 3 is 3.11 bits per heavy atom. The molecule has 1 unspecified atom stereocenters. The maximum atomic E-state index is 11.1. The summed E-state index contributed by atoms with van der Waals surface area (Å²) in [5.41, 5.74) is 1.23. The Bertz CT molecular complexity index is 422. The van der Waals surface area contributed by atoms with Crippen LogP contribution in [0.25, 0.3) is 0 Å². The van der Waals surface area contributed by atoms with Gasteiger partial charge in [0.15, 0.2) is 0 Å². The van der Waals surface area contributed by atoms with Crippen LogP contribution in [0, 0.1) is 0 Å². The van der Waals surface area contributed by atoms with Crippen LogP contribution in [0.3, 0.4) is 0 Å². The van der Waals surface area contributed by atoms with Gasteiger partial charge in [-0.2, -0.15) is 0 Å². The molecule has 0 aromatic heterocycles. The summed E-state index contributed by atoms with van der Waals surface area (Å²) in [6.45, 7) is 4.49. The average Bonchev–Trinajstić information content (AvgIpc) is 2.28. The van der Waals surface area contributed by atoms with Crippen molar-refractivity contribution in [1.82, 2.24) is 10.2 Å². The van der Waals surface area contributed by atoms with E-state index in [1.54, 1.807) is 6.92 Å². The van der Waals surface area contributed by atoms with Gasteiger partial charge in [-0.15, -0.1) is 0 Å². The first-order chi connectivity index (χ1) is 8.63. The van der Waals surface area contributed by atoms with Crippen molar-refractivity contribution in [2.75, 3.05) is 13.1 Å². The lowest BCUT2D eigenvalue weighted by atomic mass is 10.0. The van der Waals surface area contributed by atoms with Crippen LogP contribution in [0.1, 0.15) is 25.3 Å². The molecule has 0 bridgehead atoms. The number of benzene rings is 1. The normalized spacial score (nSPS) is 20.7. The van der Waals surface area contributed by atoms with Crippen molar-refractivity contribution in [1.29, 1.82) is 0 Å². The molecular formula is C14H19ClN2O. The Balaban J connectivity index is 1.91. The minimum Gasteiger partial charge on any atom is -0.352 e. The van der Waals surface area contributed by atoms with Crippen LogP contribution in [-0.4, -0.2) is 29.9 Å². The van der Waals surface area contributed by atoms with Gasteiger partial charge < -0.3 is 5.32 Å². The largest absolute Gasteiger partial charge is 0.352 e. The van der Waals surface area contributed by atoms with Gasteiger partial charge >= 0.3 is 0 Å². The predicted molar refractivity (Wildman–Crippen MR) is 73.6 cm³/mol. The van der Waals surface area contributed by atoms with Crippen molar-refractivity contribution in [3.05, 3.63) is 34.9 Å². The Kier molecular flexibility index (Phi) is 4.61. The zero-order valence-electron chi connectivity index (χ0n) is 10.7. The second-order valence-corrected chi connectivity index (χ2v) is 5.34. The fourth-order valence-corrected chi connectivity index (χ4v) is 2.71. The number of piperidine rings is 1. The quantitative estimate of drug-likeness (QED) is 0.911. The molecule has 1 aliphatic heterocycles. The van der Waals surface area contributed by atoms with Gasteiger partial charge in [0.2, 0.25) is 5.91 Å². The van der Waals surface area contributed by atoms with Gasteiger partial charge in [0.05, 0.1) is 0 Å². The summed E-state index contributed by atoms with van der Waals surface area (Å²) in [5.74, 6) is 0.0598. The minimum absolute atomic E-state index is 0.0598. The number of carbonyl (C=O) groups excluding carboxylic acids is 1. The molecule has 1 aliphatic rings. The second kappa shape index (κ2) is 6.21. The average molecular weight is 267 g/mol. The molecule has 0 aliphatic carbocycles. The number of nitrogens with zero attached hydrogens (tertiary/aromatic N) is 1. The molecule has 1 amide bonds. The van der Waals surface area contributed by atoms with E-state index in [4.69, 9.17) is 11.6 Å². The summed E-state index contributed by atoms with van der Waals surface area (Å²) in [4.78, 5) is 13.4. The molecule has 2 rings (SSSR count). The van der Waals surface area contributed by atoms with Crippen molar-refractivity contribution in [3.8, 4) is 0 Å². The third-order valence-corrected chi connectivity index (χ3v) is 3.44. The standard InChI is InChI=1S/C14H19ClN2O/c1-11(18)16-14-6-3-7-17(10-14)9-12-4-2-5-13(15)8-12/h2,4-5,8,14H,3,6-7,9-10H2,1H3,(H,16,18). The van der Waals surface area contributed by atoms with Crippen LogP contribution in [0.15, 0.2) is 24.3 Å². The molecule has 4 heteroatoms. The number of amides is 1. The molecule has 0 spiro atoms. The van der Waals surface area contributed by atoms with Crippen LogP contribution in [-0.2, 0) is 11.3 Å². The summed E-state index contributed by atoms with van der Waals surface area (Å²) in [7, 11) is 0. The van der Waals surface area contributed by atoms with Crippen molar-refractivity contribution < 1.29 is 4.79 Å². The first-order valence-corrected chi connectivity index (χ1v) is 6.75. The van der Waals surface area contributed by atoms with Crippen LogP contribution < -0.4 is 5.32 Å². The number of hydrogen-bond acceptors (Lipinski definition) is 2. The van der Waals surface area contributed by atoms with Crippen molar-refractivity contribution >= 4 is 17.5 Å². The highest BCUT2D eigenvalue weighted by Gasteiger charge is 2.20. The van der Waals surface area contributed by atoms with Gasteiger partial charge in [0.25, 0.3) is 0 Å². The maximum absolute atomic E-state index is 11.1. The van der Waals surface area contributed by atoms with E-state index in [0.717, 1.165) is 37.5 Å². The van der Waals surface area contributed by atoms with E-state index in [1.807, 2.05) is 18.2 Å². The zero-order chi connectivity index (χ0) is 13.0. The highest BCUT2D eigenvalue weighted by atomic mass is 35.5. The van der Waals surface area contributed by atoms with E-state index in [-0.39, 0.29) is 11.9 Å². The van der Waals surface area contributed by atoms with Gasteiger partial charge in [-0.3, -0.25) is 9.69 Å². The van der Waals surface area contributed by atoms with Gasteiger partial charge in [0.1, 0.15) is 0 Å². The van der Waals surface area contributed by atoms with E-state index in [9.17, 15) is 4.79 Å². The Labute approximate surface area is 113 Å². The molecule has 1 N–H and O–H groups in total. The first kappa shape index (κ1) is 13.4. The van der Waals surface area contributed by atoms with E-state index in [0.29, 0.717) is 0 Å². The molecule has 98 valence electrons. The molecule has 0 saturated carbocycles. The fraction of sp³-hybridized carbons (Fsp3) is 0.500. The Morgan fingerprint density at radius 2 is 2.39 bits per heavy atom. The van der Waals surface area contributed by atoms with Gasteiger partial charge in [-0.05, 0) is 37.1 Å². The first-order valence-electron chi connectivity index (χ1n) is 6.37. The molecule has 1 atom stereocenters. The van der Waals surface area contributed by atoms with Crippen LogP contribution in [0.2, 0.25) is 5.02 Å². The number of likely N-dealkylation sites (tertiary alicyclic amines) is 1. The summed E-state index contributed by atoms with van der Waals surface area (Å²) < 4.78 is 0. The number of rotatable bonds is 3. The summed E-state index contributed by atoms with van der Waals surface area (Å²) >= 11 is 5.98. The van der Waals surface area contributed by atoms with E-state index in [1.165, 1.54) is 5.56 Å².